The summed E-state index contributed by atoms with van der Waals surface area (Å²) in [5.74, 6) is -0.351. The Kier molecular flexibility index (Phi) is 4.92. The molecule has 0 spiro atoms. The van der Waals surface area contributed by atoms with Crippen molar-refractivity contribution >= 4 is 9.84 Å². The molecule has 3 aromatic rings. The molecule has 0 aliphatic carbocycles. The number of rotatable bonds is 5. The Labute approximate surface area is 153 Å². The SMILES string of the molecule is COc1ccc(-c2cc(C(F)F)nn2-c2ccc(S(C)(=O)=O)cn2)c(F)c1. The minimum absolute atomic E-state index is 0.0178. The number of methoxy groups -OCH3 is 1. The second-order valence-electron chi connectivity index (χ2n) is 5.64. The van der Waals surface area contributed by atoms with Crippen LogP contribution in [0.15, 0.2) is 47.5 Å². The van der Waals surface area contributed by atoms with Gasteiger partial charge in [-0.1, -0.05) is 0 Å². The molecule has 3 rings (SSSR count). The van der Waals surface area contributed by atoms with Crippen LogP contribution in [-0.2, 0) is 9.84 Å². The van der Waals surface area contributed by atoms with Gasteiger partial charge in [0.2, 0.25) is 0 Å². The van der Waals surface area contributed by atoms with Crippen LogP contribution < -0.4 is 4.74 Å². The molecule has 0 saturated carbocycles. The van der Waals surface area contributed by atoms with Crippen LogP contribution in [0.4, 0.5) is 13.2 Å². The van der Waals surface area contributed by atoms with Crippen LogP contribution in [0.5, 0.6) is 5.75 Å². The monoisotopic (exact) mass is 397 g/mol. The number of alkyl halides is 2. The third kappa shape index (κ3) is 3.80. The Bertz CT molecular complexity index is 1080. The van der Waals surface area contributed by atoms with E-state index in [4.69, 9.17) is 4.74 Å². The van der Waals surface area contributed by atoms with Crippen molar-refractivity contribution in [2.45, 2.75) is 11.3 Å². The van der Waals surface area contributed by atoms with Gasteiger partial charge in [-0.2, -0.15) is 5.10 Å². The quantitative estimate of drug-likeness (QED) is 0.660. The zero-order valence-electron chi connectivity index (χ0n) is 14.2. The fourth-order valence-electron chi connectivity index (χ4n) is 2.42. The predicted molar refractivity (Wildman–Crippen MR) is 91.4 cm³/mol. The summed E-state index contributed by atoms with van der Waals surface area (Å²) in [7, 11) is -2.10. The normalized spacial score (nSPS) is 11.8. The van der Waals surface area contributed by atoms with Crippen molar-refractivity contribution in [3.63, 3.8) is 0 Å². The third-order valence-corrected chi connectivity index (χ3v) is 4.87. The van der Waals surface area contributed by atoms with E-state index in [2.05, 4.69) is 10.1 Å². The molecule has 27 heavy (non-hydrogen) atoms. The van der Waals surface area contributed by atoms with E-state index in [-0.39, 0.29) is 27.7 Å². The number of hydrogen-bond acceptors (Lipinski definition) is 5. The number of halogens is 3. The van der Waals surface area contributed by atoms with Gasteiger partial charge in [-0.25, -0.2) is 31.3 Å². The molecule has 0 saturated heterocycles. The van der Waals surface area contributed by atoms with Crippen molar-refractivity contribution in [1.29, 1.82) is 0 Å². The van der Waals surface area contributed by atoms with Crippen LogP contribution >= 0.6 is 0 Å². The molecule has 6 nitrogen and oxygen atoms in total. The number of aromatic nitrogens is 3. The summed E-state index contributed by atoms with van der Waals surface area (Å²) in [6.07, 6.45) is -0.769. The summed E-state index contributed by atoms with van der Waals surface area (Å²) >= 11 is 0. The maximum absolute atomic E-state index is 14.4. The Morgan fingerprint density at radius 2 is 1.89 bits per heavy atom. The lowest BCUT2D eigenvalue weighted by Gasteiger charge is -2.09. The largest absolute Gasteiger partial charge is 0.497 e. The highest BCUT2D eigenvalue weighted by Crippen LogP contribution is 2.31. The van der Waals surface area contributed by atoms with Gasteiger partial charge in [0.05, 0.1) is 17.7 Å². The average Bonchev–Trinajstić information content (AvgIpc) is 3.06. The molecule has 10 heteroatoms. The first-order chi connectivity index (χ1) is 12.7. The Morgan fingerprint density at radius 3 is 2.41 bits per heavy atom. The van der Waals surface area contributed by atoms with Crippen molar-refractivity contribution < 1.29 is 26.3 Å². The fourth-order valence-corrected chi connectivity index (χ4v) is 2.98. The highest BCUT2D eigenvalue weighted by molar-refractivity contribution is 7.90. The first-order valence-electron chi connectivity index (χ1n) is 7.59. The van der Waals surface area contributed by atoms with Crippen LogP contribution in [0.2, 0.25) is 0 Å². The van der Waals surface area contributed by atoms with E-state index < -0.39 is 27.8 Å². The number of ether oxygens (including phenoxy) is 1. The van der Waals surface area contributed by atoms with Crippen LogP contribution in [0, 0.1) is 5.82 Å². The molecular formula is C17H14F3N3O3S. The minimum atomic E-state index is -3.47. The number of hydrogen-bond donors (Lipinski definition) is 0. The third-order valence-electron chi connectivity index (χ3n) is 3.77. The Balaban J connectivity index is 2.16. The molecule has 0 amide bonds. The average molecular weight is 397 g/mol. The number of pyridine rings is 1. The van der Waals surface area contributed by atoms with E-state index in [0.29, 0.717) is 0 Å². The van der Waals surface area contributed by atoms with E-state index in [1.807, 2.05) is 0 Å². The molecule has 0 atom stereocenters. The zero-order valence-corrected chi connectivity index (χ0v) is 15.0. The van der Waals surface area contributed by atoms with Crippen molar-refractivity contribution in [1.82, 2.24) is 14.8 Å². The van der Waals surface area contributed by atoms with E-state index >= 15 is 0 Å². The van der Waals surface area contributed by atoms with Crippen molar-refractivity contribution in [2.24, 2.45) is 0 Å². The first kappa shape index (κ1) is 18.9. The lowest BCUT2D eigenvalue weighted by Crippen LogP contribution is -2.05. The van der Waals surface area contributed by atoms with Crippen LogP contribution in [0.25, 0.3) is 17.1 Å². The molecule has 0 radical (unpaired) electrons. The Hall–Kier alpha value is -2.88. The van der Waals surface area contributed by atoms with Gasteiger partial charge in [-0.05, 0) is 30.3 Å². The molecule has 0 fully saturated rings. The molecule has 2 aromatic heterocycles. The van der Waals surface area contributed by atoms with Crippen LogP contribution in [0.1, 0.15) is 12.1 Å². The van der Waals surface area contributed by atoms with Gasteiger partial charge in [-0.15, -0.1) is 0 Å². The minimum Gasteiger partial charge on any atom is -0.497 e. The predicted octanol–water partition coefficient (Wildman–Crippen LogP) is 3.42. The second kappa shape index (κ2) is 7.03. The van der Waals surface area contributed by atoms with Gasteiger partial charge >= 0.3 is 0 Å². The number of benzene rings is 1. The van der Waals surface area contributed by atoms with Crippen molar-refractivity contribution in [3.05, 3.63) is 54.1 Å². The zero-order chi connectivity index (χ0) is 19.8. The van der Waals surface area contributed by atoms with Gasteiger partial charge in [0.25, 0.3) is 6.43 Å². The molecule has 1 aromatic carbocycles. The van der Waals surface area contributed by atoms with Crippen LogP contribution in [0.3, 0.4) is 0 Å². The lowest BCUT2D eigenvalue weighted by molar-refractivity contribution is 0.145. The smallest absolute Gasteiger partial charge is 0.282 e. The van der Waals surface area contributed by atoms with Gasteiger partial charge in [0.1, 0.15) is 17.3 Å². The van der Waals surface area contributed by atoms with E-state index in [1.54, 1.807) is 0 Å². The number of sulfone groups is 1. The molecule has 0 bridgehead atoms. The Morgan fingerprint density at radius 1 is 1.15 bits per heavy atom. The van der Waals surface area contributed by atoms with E-state index in [1.165, 1.54) is 31.4 Å². The van der Waals surface area contributed by atoms with Gasteiger partial charge in [-0.3, -0.25) is 0 Å². The first-order valence-corrected chi connectivity index (χ1v) is 9.48. The molecule has 0 unspecified atom stereocenters. The van der Waals surface area contributed by atoms with E-state index in [0.717, 1.165) is 29.3 Å². The topological polar surface area (TPSA) is 74.1 Å². The summed E-state index contributed by atoms with van der Waals surface area (Å²) < 4.78 is 69.8. The summed E-state index contributed by atoms with van der Waals surface area (Å²) in [5, 5.41) is 3.79. The summed E-state index contributed by atoms with van der Waals surface area (Å²) in [6.45, 7) is 0. The standard InChI is InChI=1S/C17H14F3N3O3S/c1-26-10-3-5-12(13(18)7-10)15-8-14(17(19)20)22-23(15)16-6-4-11(9-21-16)27(2,24)25/h3-9,17H,1-2H3. The molecular weight excluding hydrogens is 383 g/mol. The maximum Gasteiger partial charge on any atom is 0.282 e. The summed E-state index contributed by atoms with van der Waals surface area (Å²) in [6, 6.07) is 7.62. The van der Waals surface area contributed by atoms with Crippen LogP contribution in [-0.4, -0.2) is 36.5 Å². The van der Waals surface area contributed by atoms with E-state index in [9.17, 15) is 21.6 Å². The second-order valence-corrected chi connectivity index (χ2v) is 7.65. The highest BCUT2D eigenvalue weighted by Gasteiger charge is 2.21. The van der Waals surface area contributed by atoms with Gasteiger partial charge < -0.3 is 4.74 Å². The molecule has 0 aliphatic heterocycles. The van der Waals surface area contributed by atoms with Crippen molar-refractivity contribution in [2.75, 3.05) is 13.4 Å². The fraction of sp³-hybridized carbons (Fsp3) is 0.176. The molecule has 0 N–H and O–H groups in total. The number of nitrogens with zero attached hydrogens (tertiary/aromatic N) is 3. The molecule has 142 valence electrons. The maximum atomic E-state index is 14.4. The summed E-state index contributed by atoms with van der Waals surface area (Å²) in [5.41, 5.74) is -0.497. The van der Waals surface area contributed by atoms with Gasteiger partial charge in [0.15, 0.2) is 15.7 Å². The van der Waals surface area contributed by atoms with Gasteiger partial charge in [0, 0.05) is 24.1 Å². The summed E-state index contributed by atoms with van der Waals surface area (Å²) in [4.78, 5) is 3.93. The van der Waals surface area contributed by atoms with Crippen molar-refractivity contribution in [3.8, 4) is 22.8 Å². The highest BCUT2D eigenvalue weighted by atomic mass is 32.2. The lowest BCUT2D eigenvalue weighted by atomic mass is 10.1. The molecule has 0 aliphatic rings. The molecule has 2 heterocycles.